The number of hydrogen-bond acceptors (Lipinski definition) is 2. The van der Waals surface area contributed by atoms with Gasteiger partial charge in [0.05, 0.1) is 6.10 Å². The third-order valence-electron chi connectivity index (χ3n) is 5.49. The summed E-state index contributed by atoms with van der Waals surface area (Å²) < 4.78 is 5.73. The van der Waals surface area contributed by atoms with Crippen LogP contribution in [0.15, 0.2) is 0 Å². The van der Waals surface area contributed by atoms with Crippen LogP contribution in [-0.4, -0.2) is 24.4 Å². The van der Waals surface area contributed by atoms with E-state index in [0.717, 1.165) is 12.5 Å². The highest BCUT2D eigenvalue weighted by Gasteiger charge is 2.35. The number of aliphatic hydroxyl groups is 1. The summed E-state index contributed by atoms with van der Waals surface area (Å²) in [6.45, 7) is 3.62. The van der Waals surface area contributed by atoms with E-state index in [1.807, 2.05) is 0 Å². The van der Waals surface area contributed by atoms with E-state index in [0.29, 0.717) is 12.7 Å². The van der Waals surface area contributed by atoms with Gasteiger partial charge in [-0.25, -0.2) is 0 Å². The minimum absolute atomic E-state index is 0.231. The Hall–Kier alpha value is -0.0800. The van der Waals surface area contributed by atoms with Crippen LogP contribution in [0.5, 0.6) is 0 Å². The van der Waals surface area contributed by atoms with Gasteiger partial charge in [0.1, 0.15) is 0 Å². The van der Waals surface area contributed by atoms with E-state index in [1.54, 1.807) is 0 Å². The number of hydrogen-bond donors (Lipinski definition) is 1. The Morgan fingerprint density at radius 1 is 1.16 bits per heavy atom. The Morgan fingerprint density at radius 3 is 2.53 bits per heavy atom. The lowest BCUT2D eigenvalue weighted by molar-refractivity contribution is 0.0302. The Morgan fingerprint density at radius 2 is 1.95 bits per heavy atom. The van der Waals surface area contributed by atoms with Gasteiger partial charge >= 0.3 is 0 Å². The number of rotatable bonds is 7. The average molecular weight is 268 g/mol. The molecule has 0 bridgehead atoms. The third-order valence-corrected chi connectivity index (χ3v) is 5.49. The largest absolute Gasteiger partial charge is 0.396 e. The van der Waals surface area contributed by atoms with Crippen LogP contribution in [0.4, 0.5) is 0 Å². The molecule has 2 heteroatoms. The molecule has 1 N–H and O–H groups in total. The summed E-state index contributed by atoms with van der Waals surface area (Å²) in [5, 5.41) is 9.84. The summed E-state index contributed by atoms with van der Waals surface area (Å²) in [5.41, 5.74) is 0.231. The Balaban J connectivity index is 1.73. The third kappa shape index (κ3) is 4.46. The molecule has 0 aromatic rings. The Bertz CT molecular complexity index is 238. The number of aliphatic hydroxyl groups excluding tert-OH is 1. The Labute approximate surface area is 118 Å². The topological polar surface area (TPSA) is 29.5 Å². The molecule has 2 aliphatic rings. The first kappa shape index (κ1) is 15.3. The quantitative estimate of drug-likeness (QED) is 0.745. The number of unbranched alkanes of at least 4 members (excludes halogenated alkanes) is 1. The fraction of sp³-hybridized carbons (Fsp3) is 1.00. The van der Waals surface area contributed by atoms with Crippen molar-refractivity contribution in [3.05, 3.63) is 0 Å². The van der Waals surface area contributed by atoms with Crippen LogP contribution in [-0.2, 0) is 4.74 Å². The maximum absolute atomic E-state index is 9.84. The molecule has 2 nitrogen and oxygen atoms in total. The van der Waals surface area contributed by atoms with Gasteiger partial charge in [-0.15, -0.1) is 0 Å². The minimum atomic E-state index is 0.231. The standard InChI is InChI=1S/C17H32O2/c1-2-3-5-15-7-10-17(14-18,11-8-15)12-9-16-6-4-13-19-16/h15-16,18H,2-14H2,1H3. The molecule has 1 saturated heterocycles. The highest BCUT2D eigenvalue weighted by molar-refractivity contribution is 4.86. The minimum Gasteiger partial charge on any atom is -0.396 e. The SMILES string of the molecule is CCCCC1CCC(CO)(CCC2CCCO2)CC1. The smallest absolute Gasteiger partial charge is 0.0576 e. The second-order valence-corrected chi connectivity index (χ2v) is 6.92. The molecule has 0 spiro atoms. The molecule has 1 aliphatic carbocycles. The van der Waals surface area contributed by atoms with E-state index >= 15 is 0 Å². The molecule has 2 rings (SSSR count). The van der Waals surface area contributed by atoms with Gasteiger partial charge in [-0.1, -0.05) is 26.2 Å². The van der Waals surface area contributed by atoms with Crippen molar-refractivity contribution in [1.29, 1.82) is 0 Å². The zero-order valence-electron chi connectivity index (χ0n) is 12.7. The fourth-order valence-electron chi connectivity index (χ4n) is 3.90. The van der Waals surface area contributed by atoms with Crippen LogP contribution in [0, 0.1) is 11.3 Å². The van der Waals surface area contributed by atoms with Crippen molar-refractivity contribution in [3.63, 3.8) is 0 Å². The van der Waals surface area contributed by atoms with Crippen molar-refractivity contribution in [2.75, 3.05) is 13.2 Å². The summed E-state index contributed by atoms with van der Waals surface area (Å²) >= 11 is 0. The van der Waals surface area contributed by atoms with E-state index in [2.05, 4.69) is 6.92 Å². The van der Waals surface area contributed by atoms with E-state index in [9.17, 15) is 5.11 Å². The molecule has 0 amide bonds. The van der Waals surface area contributed by atoms with Crippen molar-refractivity contribution in [2.24, 2.45) is 11.3 Å². The second-order valence-electron chi connectivity index (χ2n) is 6.92. The first-order valence-corrected chi connectivity index (χ1v) is 8.50. The lowest BCUT2D eigenvalue weighted by Gasteiger charge is -2.39. The molecule has 1 atom stereocenters. The van der Waals surface area contributed by atoms with Crippen LogP contribution >= 0.6 is 0 Å². The zero-order chi connectivity index (χ0) is 13.6. The van der Waals surface area contributed by atoms with Gasteiger partial charge in [0.25, 0.3) is 0 Å². The van der Waals surface area contributed by atoms with Gasteiger partial charge in [0.2, 0.25) is 0 Å². The molecule has 1 aliphatic heterocycles. The van der Waals surface area contributed by atoms with Gasteiger partial charge in [0, 0.05) is 13.2 Å². The summed E-state index contributed by atoms with van der Waals surface area (Å²) in [5.74, 6) is 0.933. The van der Waals surface area contributed by atoms with E-state index in [1.165, 1.54) is 70.6 Å². The maximum Gasteiger partial charge on any atom is 0.0576 e. The highest BCUT2D eigenvalue weighted by atomic mass is 16.5. The van der Waals surface area contributed by atoms with Crippen molar-refractivity contribution < 1.29 is 9.84 Å². The molecule has 19 heavy (non-hydrogen) atoms. The molecule has 1 unspecified atom stereocenters. The number of ether oxygens (including phenoxy) is 1. The summed E-state index contributed by atoms with van der Waals surface area (Å²) in [4.78, 5) is 0. The fourth-order valence-corrected chi connectivity index (χ4v) is 3.90. The maximum atomic E-state index is 9.84. The van der Waals surface area contributed by atoms with Crippen LogP contribution in [0.3, 0.4) is 0 Å². The van der Waals surface area contributed by atoms with Gasteiger partial charge in [-0.05, 0) is 62.7 Å². The molecule has 1 saturated carbocycles. The van der Waals surface area contributed by atoms with Crippen molar-refractivity contribution >= 4 is 0 Å². The average Bonchev–Trinajstić information content (AvgIpc) is 2.97. The molecule has 112 valence electrons. The molecule has 2 fully saturated rings. The van der Waals surface area contributed by atoms with Crippen LogP contribution in [0.2, 0.25) is 0 Å². The predicted octanol–water partition coefficient (Wildman–Crippen LogP) is 4.30. The van der Waals surface area contributed by atoms with Gasteiger partial charge in [-0.3, -0.25) is 0 Å². The summed E-state index contributed by atoms with van der Waals surface area (Å²) in [6, 6.07) is 0. The van der Waals surface area contributed by atoms with Crippen LogP contribution in [0.1, 0.15) is 77.6 Å². The van der Waals surface area contributed by atoms with Crippen molar-refractivity contribution in [3.8, 4) is 0 Å². The molecular weight excluding hydrogens is 236 g/mol. The van der Waals surface area contributed by atoms with Crippen molar-refractivity contribution in [1.82, 2.24) is 0 Å². The molecular formula is C17H32O2. The van der Waals surface area contributed by atoms with E-state index in [-0.39, 0.29) is 5.41 Å². The first-order chi connectivity index (χ1) is 9.28. The molecule has 0 radical (unpaired) electrons. The predicted molar refractivity (Wildman–Crippen MR) is 79.2 cm³/mol. The molecule has 0 aromatic carbocycles. The van der Waals surface area contributed by atoms with Crippen LogP contribution < -0.4 is 0 Å². The lowest BCUT2D eigenvalue weighted by atomic mass is 9.67. The highest BCUT2D eigenvalue weighted by Crippen LogP contribution is 2.44. The normalized spacial score (nSPS) is 35.7. The first-order valence-electron chi connectivity index (χ1n) is 8.50. The van der Waals surface area contributed by atoms with Gasteiger partial charge in [-0.2, -0.15) is 0 Å². The summed E-state index contributed by atoms with van der Waals surface area (Å²) in [7, 11) is 0. The van der Waals surface area contributed by atoms with Gasteiger partial charge < -0.3 is 9.84 Å². The van der Waals surface area contributed by atoms with Crippen LogP contribution in [0.25, 0.3) is 0 Å². The second kappa shape index (κ2) is 7.64. The molecule has 1 heterocycles. The van der Waals surface area contributed by atoms with Crippen molar-refractivity contribution in [2.45, 2.75) is 83.7 Å². The van der Waals surface area contributed by atoms with E-state index < -0.39 is 0 Å². The summed E-state index contributed by atoms with van der Waals surface area (Å²) in [6.07, 6.45) is 14.6. The van der Waals surface area contributed by atoms with E-state index in [4.69, 9.17) is 4.74 Å². The Kier molecular flexibility index (Phi) is 6.15. The zero-order valence-corrected chi connectivity index (χ0v) is 12.7. The monoisotopic (exact) mass is 268 g/mol. The molecule has 0 aromatic heterocycles. The van der Waals surface area contributed by atoms with Gasteiger partial charge in [0.15, 0.2) is 0 Å². The lowest BCUT2D eigenvalue weighted by Crippen LogP contribution is -2.32.